The third-order valence-electron chi connectivity index (χ3n) is 4.17. The molecule has 122 valence electrons. The molecule has 3 aromatic rings. The van der Waals surface area contributed by atoms with Gasteiger partial charge in [0.15, 0.2) is 5.69 Å². The second kappa shape index (κ2) is 5.76. The fourth-order valence-electron chi connectivity index (χ4n) is 3.11. The fourth-order valence-corrected chi connectivity index (χ4v) is 3.37. The minimum absolute atomic E-state index is 0.205. The highest BCUT2D eigenvalue weighted by atomic mass is 35.5. The van der Waals surface area contributed by atoms with E-state index in [0.717, 1.165) is 17.0 Å². The van der Waals surface area contributed by atoms with Crippen LogP contribution in [0.5, 0.6) is 0 Å². The Bertz CT molecular complexity index is 887. The Morgan fingerprint density at radius 3 is 3.04 bits per heavy atom. The van der Waals surface area contributed by atoms with Crippen molar-refractivity contribution in [3.63, 3.8) is 0 Å². The number of nitrogens with one attached hydrogen (secondary N) is 1. The second-order valence-electron chi connectivity index (χ2n) is 5.70. The van der Waals surface area contributed by atoms with E-state index in [0.29, 0.717) is 18.0 Å². The number of halogens is 1. The van der Waals surface area contributed by atoms with Gasteiger partial charge in [-0.15, -0.1) is 0 Å². The minimum Gasteiger partial charge on any atom is -0.348 e. The zero-order chi connectivity index (χ0) is 16.7. The Labute approximate surface area is 143 Å². The molecule has 0 aliphatic carbocycles. The Hall–Kier alpha value is -2.67. The van der Waals surface area contributed by atoms with Gasteiger partial charge in [-0.1, -0.05) is 17.7 Å². The van der Waals surface area contributed by atoms with Crippen LogP contribution in [0.25, 0.3) is 0 Å². The highest BCUT2D eigenvalue weighted by Gasteiger charge is 2.36. The highest BCUT2D eigenvalue weighted by molar-refractivity contribution is 6.33. The van der Waals surface area contributed by atoms with Crippen molar-refractivity contribution in [1.82, 2.24) is 29.6 Å². The van der Waals surface area contributed by atoms with Crippen molar-refractivity contribution in [2.45, 2.75) is 12.5 Å². The lowest BCUT2D eigenvalue weighted by atomic mass is 9.96. The van der Waals surface area contributed by atoms with E-state index in [2.05, 4.69) is 20.1 Å². The van der Waals surface area contributed by atoms with Gasteiger partial charge in [-0.2, -0.15) is 5.10 Å². The van der Waals surface area contributed by atoms with Crippen LogP contribution < -0.4 is 0 Å². The van der Waals surface area contributed by atoms with Gasteiger partial charge >= 0.3 is 0 Å². The van der Waals surface area contributed by atoms with Crippen LogP contribution in [0, 0.1) is 0 Å². The van der Waals surface area contributed by atoms with E-state index < -0.39 is 0 Å². The maximum atomic E-state index is 13.1. The van der Waals surface area contributed by atoms with E-state index in [9.17, 15) is 4.79 Å². The molecule has 0 fully saturated rings. The summed E-state index contributed by atoms with van der Waals surface area (Å²) in [4.78, 5) is 26.6. The molecule has 4 rings (SSSR count). The predicted molar refractivity (Wildman–Crippen MR) is 87.6 cm³/mol. The summed E-state index contributed by atoms with van der Waals surface area (Å²) >= 11 is 6.17. The van der Waals surface area contributed by atoms with E-state index in [-0.39, 0.29) is 17.6 Å². The van der Waals surface area contributed by atoms with Crippen molar-refractivity contribution < 1.29 is 4.79 Å². The average molecular weight is 343 g/mol. The Morgan fingerprint density at radius 1 is 1.46 bits per heavy atom. The SMILES string of the molecule is Cn1cc(Cl)c(C(=O)N2CCc3[nH]cnc3C2c2cccnc2)n1. The van der Waals surface area contributed by atoms with E-state index in [1.165, 1.54) is 0 Å². The summed E-state index contributed by atoms with van der Waals surface area (Å²) < 4.78 is 1.54. The summed E-state index contributed by atoms with van der Waals surface area (Å²) in [6.07, 6.45) is 7.46. The number of carbonyl (C=O) groups excluding carboxylic acids is 1. The summed E-state index contributed by atoms with van der Waals surface area (Å²) in [5.74, 6) is -0.205. The molecular weight excluding hydrogens is 328 g/mol. The van der Waals surface area contributed by atoms with Crippen molar-refractivity contribution >= 4 is 17.5 Å². The lowest BCUT2D eigenvalue weighted by Crippen LogP contribution is -2.41. The monoisotopic (exact) mass is 342 g/mol. The molecule has 0 saturated heterocycles. The summed E-state index contributed by atoms with van der Waals surface area (Å²) in [6.45, 7) is 0.556. The van der Waals surface area contributed by atoms with Gasteiger partial charge < -0.3 is 9.88 Å². The van der Waals surface area contributed by atoms with E-state index in [1.807, 2.05) is 12.1 Å². The summed E-state index contributed by atoms with van der Waals surface area (Å²) in [5, 5.41) is 4.55. The van der Waals surface area contributed by atoms with E-state index in [1.54, 1.807) is 41.5 Å². The molecule has 4 heterocycles. The molecule has 1 amide bonds. The van der Waals surface area contributed by atoms with Crippen LogP contribution in [-0.4, -0.2) is 42.1 Å². The van der Waals surface area contributed by atoms with Crippen molar-refractivity contribution in [3.05, 3.63) is 64.7 Å². The molecule has 1 aliphatic heterocycles. The number of nitrogens with zero attached hydrogens (tertiary/aromatic N) is 5. The van der Waals surface area contributed by atoms with Gasteiger partial charge in [0.2, 0.25) is 0 Å². The molecule has 1 N–H and O–H groups in total. The molecule has 1 aliphatic rings. The van der Waals surface area contributed by atoms with Crippen molar-refractivity contribution in [2.75, 3.05) is 6.54 Å². The first-order chi connectivity index (χ1) is 11.6. The standard InChI is InChI=1S/C16H15ClN6O/c1-22-8-11(17)13(21-22)16(24)23-6-4-12-14(20-9-19-12)15(23)10-3-2-5-18-7-10/h2-3,5,7-9,15H,4,6H2,1H3,(H,19,20). The topological polar surface area (TPSA) is 79.7 Å². The van der Waals surface area contributed by atoms with Gasteiger partial charge in [0, 0.05) is 44.3 Å². The predicted octanol–water partition coefficient (Wildman–Crippen LogP) is 1.98. The Balaban J connectivity index is 1.79. The number of H-pyrrole nitrogens is 1. The van der Waals surface area contributed by atoms with Crippen molar-refractivity contribution in [3.8, 4) is 0 Å². The molecular formula is C16H15ClN6O. The molecule has 0 radical (unpaired) electrons. The number of amides is 1. The summed E-state index contributed by atoms with van der Waals surface area (Å²) in [7, 11) is 1.74. The zero-order valence-corrected chi connectivity index (χ0v) is 13.7. The van der Waals surface area contributed by atoms with Gasteiger partial charge in [0.1, 0.15) is 6.04 Å². The summed E-state index contributed by atoms with van der Waals surface area (Å²) in [5.41, 5.74) is 3.05. The first-order valence-electron chi connectivity index (χ1n) is 7.57. The number of hydrogen-bond acceptors (Lipinski definition) is 4. The number of hydrogen-bond donors (Lipinski definition) is 1. The third kappa shape index (κ3) is 2.37. The molecule has 1 unspecified atom stereocenters. The number of rotatable bonds is 2. The fraction of sp³-hybridized carbons (Fsp3) is 0.250. The molecule has 8 heteroatoms. The number of fused-ring (bicyclic) bond motifs is 1. The largest absolute Gasteiger partial charge is 0.348 e. The van der Waals surface area contributed by atoms with Gasteiger partial charge in [-0.3, -0.25) is 14.5 Å². The van der Waals surface area contributed by atoms with Crippen LogP contribution in [0.1, 0.15) is 33.5 Å². The lowest BCUT2D eigenvalue weighted by Gasteiger charge is -2.34. The number of pyridine rings is 1. The number of imidazole rings is 1. The third-order valence-corrected chi connectivity index (χ3v) is 4.45. The number of aromatic amines is 1. The van der Waals surface area contributed by atoms with E-state index >= 15 is 0 Å². The van der Waals surface area contributed by atoms with Gasteiger partial charge in [-0.05, 0) is 11.6 Å². The number of carbonyl (C=O) groups is 1. The first-order valence-corrected chi connectivity index (χ1v) is 7.95. The Kier molecular flexibility index (Phi) is 3.57. The Morgan fingerprint density at radius 2 is 2.33 bits per heavy atom. The van der Waals surface area contributed by atoms with Gasteiger partial charge in [0.25, 0.3) is 5.91 Å². The minimum atomic E-state index is -0.306. The molecule has 3 aromatic heterocycles. The number of aromatic nitrogens is 5. The van der Waals surface area contributed by atoms with Crippen molar-refractivity contribution in [2.24, 2.45) is 7.05 Å². The second-order valence-corrected chi connectivity index (χ2v) is 6.11. The normalized spacial score (nSPS) is 16.9. The zero-order valence-electron chi connectivity index (χ0n) is 13.0. The number of aryl methyl sites for hydroxylation is 1. The molecule has 0 saturated carbocycles. The lowest BCUT2D eigenvalue weighted by molar-refractivity contribution is 0.0683. The van der Waals surface area contributed by atoms with Gasteiger partial charge in [0.05, 0.1) is 17.0 Å². The molecule has 7 nitrogen and oxygen atoms in total. The molecule has 0 bridgehead atoms. The quantitative estimate of drug-likeness (QED) is 0.772. The van der Waals surface area contributed by atoms with Crippen LogP contribution in [0.15, 0.2) is 37.1 Å². The van der Waals surface area contributed by atoms with Crippen LogP contribution in [0.3, 0.4) is 0 Å². The maximum absolute atomic E-state index is 13.1. The molecule has 1 atom stereocenters. The van der Waals surface area contributed by atoms with Crippen LogP contribution >= 0.6 is 11.6 Å². The van der Waals surface area contributed by atoms with Crippen LogP contribution in [-0.2, 0) is 13.5 Å². The maximum Gasteiger partial charge on any atom is 0.276 e. The molecule has 0 aromatic carbocycles. The molecule has 0 spiro atoms. The first kappa shape index (κ1) is 14.9. The van der Waals surface area contributed by atoms with E-state index in [4.69, 9.17) is 11.6 Å². The van der Waals surface area contributed by atoms with Crippen LogP contribution in [0.4, 0.5) is 0 Å². The molecule has 24 heavy (non-hydrogen) atoms. The average Bonchev–Trinajstić information content (AvgIpc) is 3.19. The van der Waals surface area contributed by atoms with Crippen LogP contribution in [0.2, 0.25) is 5.02 Å². The van der Waals surface area contributed by atoms with Crippen molar-refractivity contribution in [1.29, 1.82) is 0 Å². The highest BCUT2D eigenvalue weighted by Crippen LogP contribution is 2.34. The summed E-state index contributed by atoms with van der Waals surface area (Å²) in [6, 6.07) is 3.49. The smallest absolute Gasteiger partial charge is 0.276 e. The van der Waals surface area contributed by atoms with Gasteiger partial charge in [-0.25, -0.2) is 4.98 Å².